The predicted molar refractivity (Wildman–Crippen MR) is 81.6 cm³/mol. The van der Waals surface area contributed by atoms with Gasteiger partial charge >= 0.3 is 0 Å². The quantitative estimate of drug-likeness (QED) is 0.890. The topological polar surface area (TPSA) is 15.3 Å². The highest BCUT2D eigenvalue weighted by atomic mass is 15.2. The minimum Gasteiger partial charge on any atom is -0.385 e. The fourth-order valence-corrected chi connectivity index (χ4v) is 3.74. The molecule has 0 saturated carbocycles. The minimum atomic E-state index is 0.843. The van der Waals surface area contributed by atoms with E-state index in [1.807, 2.05) is 0 Å². The molecule has 2 heterocycles. The molecule has 2 atom stereocenters. The molecule has 0 aromatic heterocycles. The molecule has 1 N–H and O–H groups in total. The zero-order valence-electron chi connectivity index (χ0n) is 12.1. The van der Waals surface area contributed by atoms with Gasteiger partial charge in [-0.1, -0.05) is 24.1 Å². The van der Waals surface area contributed by atoms with Gasteiger partial charge in [0.25, 0.3) is 0 Å². The zero-order valence-corrected chi connectivity index (χ0v) is 12.1. The Morgan fingerprint density at radius 1 is 1.05 bits per heavy atom. The molecule has 3 rings (SSSR count). The minimum absolute atomic E-state index is 0.843. The van der Waals surface area contributed by atoms with Crippen LogP contribution < -0.4 is 5.32 Å². The molecule has 0 radical (unpaired) electrons. The Kier molecular flexibility index (Phi) is 4.07. The van der Waals surface area contributed by atoms with Gasteiger partial charge in [-0.2, -0.15) is 0 Å². The van der Waals surface area contributed by atoms with Crippen molar-refractivity contribution < 1.29 is 0 Å². The van der Waals surface area contributed by atoms with Crippen LogP contribution in [0.3, 0.4) is 0 Å². The average molecular weight is 258 g/mol. The van der Waals surface area contributed by atoms with Crippen LogP contribution in [0, 0.1) is 12.8 Å². The Morgan fingerprint density at radius 2 is 1.84 bits per heavy atom. The molecule has 1 aromatic carbocycles. The average Bonchev–Trinajstić information content (AvgIpc) is 2.47. The first-order chi connectivity index (χ1) is 9.33. The van der Waals surface area contributed by atoms with Crippen molar-refractivity contribution in [1.82, 2.24) is 4.90 Å². The summed E-state index contributed by atoms with van der Waals surface area (Å²) in [7, 11) is 0. The van der Waals surface area contributed by atoms with Crippen molar-refractivity contribution in [2.24, 2.45) is 5.92 Å². The van der Waals surface area contributed by atoms with E-state index in [1.54, 1.807) is 0 Å². The van der Waals surface area contributed by atoms with Crippen molar-refractivity contribution in [3.63, 3.8) is 0 Å². The van der Waals surface area contributed by atoms with Crippen molar-refractivity contribution in [3.8, 4) is 0 Å². The van der Waals surface area contributed by atoms with Crippen LogP contribution in [-0.4, -0.2) is 30.6 Å². The molecule has 2 saturated heterocycles. The van der Waals surface area contributed by atoms with E-state index in [-0.39, 0.29) is 0 Å². The van der Waals surface area contributed by atoms with Gasteiger partial charge in [0, 0.05) is 18.3 Å². The van der Waals surface area contributed by atoms with Crippen molar-refractivity contribution >= 4 is 5.69 Å². The Hall–Kier alpha value is -1.02. The second-order valence-corrected chi connectivity index (χ2v) is 6.25. The third-order valence-corrected chi connectivity index (χ3v) is 4.85. The van der Waals surface area contributed by atoms with E-state index in [1.165, 1.54) is 56.4 Å². The number of benzene rings is 1. The van der Waals surface area contributed by atoms with Gasteiger partial charge in [0.15, 0.2) is 0 Å². The standard InChI is InChI=1S/C17H26N2/c1-14-7-9-16(10-8-14)18-13-15-5-4-12-19-11-3-2-6-17(15)19/h7-10,15,17-18H,2-6,11-13H2,1H3. The van der Waals surface area contributed by atoms with E-state index in [4.69, 9.17) is 0 Å². The third-order valence-electron chi connectivity index (χ3n) is 4.85. The molecule has 2 heteroatoms. The molecule has 0 aliphatic carbocycles. The summed E-state index contributed by atoms with van der Waals surface area (Å²) in [6.45, 7) is 5.96. The Bertz CT molecular complexity index is 396. The van der Waals surface area contributed by atoms with Crippen molar-refractivity contribution in [2.45, 2.75) is 45.1 Å². The first-order valence-electron chi connectivity index (χ1n) is 7.87. The molecule has 104 valence electrons. The molecule has 2 unspecified atom stereocenters. The van der Waals surface area contributed by atoms with E-state index in [0.717, 1.165) is 18.5 Å². The lowest BCUT2D eigenvalue weighted by molar-refractivity contribution is 0.0649. The number of nitrogens with zero attached hydrogens (tertiary/aromatic N) is 1. The van der Waals surface area contributed by atoms with Crippen LogP contribution in [-0.2, 0) is 0 Å². The first kappa shape index (κ1) is 13.0. The van der Waals surface area contributed by atoms with Crippen LogP contribution in [0.15, 0.2) is 24.3 Å². The largest absolute Gasteiger partial charge is 0.385 e. The van der Waals surface area contributed by atoms with Crippen LogP contribution >= 0.6 is 0 Å². The number of fused-ring (bicyclic) bond motifs is 1. The molecule has 2 aliphatic heterocycles. The number of rotatable bonds is 3. The summed E-state index contributed by atoms with van der Waals surface area (Å²) >= 11 is 0. The maximum absolute atomic E-state index is 3.65. The van der Waals surface area contributed by atoms with Crippen molar-refractivity contribution in [3.05, 3.63) is 29.8 Å². The van der Waals surface area contributed by atoms with Gasteiger partial charge in [0.05, 0.1) is 0 Å². The number of hydrogen-bond donors (Lipinski definition) is 1. The molecule has 2 nitrogen and oxygen atoms in total. The Morgan fingerprint density at radius 3 is 2.68 bits per heavy atom. The van der Waals surface area contributed by atoms with Gasteiger partial charge in [-0.05, 0) is 63.7 Å². The van der Waals surface area contributed by atoms with Crippen LogP contribution in [0.5, 0.6) is 0 Å². The number of aryl methyl sites for hydroxylation is 1. The normalized spacial score (nSPS) is 27.8. The fraction of sp³-hybridized carbons (Fsp3) is 0.647. The smallest absolute Gasteiger partial charge is 0.0340 e. The summed E-state index contributed by atoms with van der Waals surface area (Å²) in [6, 6.07) is 9.64. The SMILES string of the molecule is Cc1ccc(NCC2CCCN3CCCCC23)cc1. The molecule has 0 amide bonds. The van der Waals surface area contributed by atoms with Crippen molar-refractivity contribution in [2.75, 3.05) is 25.0 Å². The van der Waals surface area contributed by atoms with E-state index in [9.17, 15) is 0 Å². The zero-order chi connectivity index (χ0) is 13.1. The molecule has 2 aliphatic rings. The number of hydrogen-bond acceptors (Lipinski definition) is 2. The first-order valence-corrected chi connectivity index (χ1v) is 7.87. The van der Waals surface area contributed by atoms with Gasteiger partial charge in [-0.3, -0.25) is 0 Å². The van der Waals surface area contributed by atoms with E-state index in [0.29, 0.717) is 0 Å². The lowest BCUT2D eigenvalue weighted by Gasteiger charge is -2.44. The van der Waals surface area contributed by atoms with E-state index < -0.39 is 0 Å². The van der Waals surface area contributed by atoms with Gasteiger partial charge < -0.3 is 10.2 Å². The maximum Gasteiger partial charge on any atom is 0.0340 e. The highest BCUT2D eigenvalue weighted by Gasteiger charge is 2.32. The van der Waals surface area contributed by atoms with Crippen molar-refractivity contribution in [1.29, 1.82) is 0 Å². The number of nitrogens with one attached hydrogen (secondary N) is 1. The Labute approximate surface area is 117 Å². The summed E-state index contributed by atoms with van der Waals surface area (Å²) in [5, 5.41) is 3.65. The maximum atomic E-state index is 3.65. The molecular weight excluding hydrogens is 232 g/mol. The molecular formula is C17H26N2. The van der Waals surface area contributed by atoms with Crippen LogP contribution in [0.2, 0.25) is 0 Å². The number of anilines is 1. The fourth-order valence-electron chi connectivity index (χ4n) is 3.74. The monoisotopic (exact) mass is 258 g/mol. The highest BCUT2D eigenvalue weighted by Crippen LogP contribution is 2.31. The molecule has 0 spiro atoms. The van der Waals surface area contributed by atoms with Crippen LogP contribution in [0.25, 0.3) is 0 Å². The summed E-state index contributed by atoms with van der Waals surface area (Å²) in [6.07, 6.45) is 7.05. The van der Waals surface area contributed by atoms with Crippen LogP contribution in [0.4, 0.5) is 5.69 Å². The molecule has 19 heavy (non-hydrogen) atoms. The molecule has 0 bridgehead atoms. The summed E-state index contributed by atoms with van der Waals surface area (Å²) in [4.78, 5) is 2.74. The lowest BCUT2D eigenvalue weighted by atomic mass is 9.83. The second kappa shape index (κ2) is 5.96. The highest BCUT2D eigenvalue weighted by molar-refractivity contribution is 5.44. The summed E-state index contributed by atoms with van der Waals surface area (Å²) < 4.78 is 0. The van der Waals surface area contributed by atoms with E-state index >= 15 is 0 Å². The predicted octanol–water partition coefficient (Wildman–Crippen LogP) is 3.67. The number of piperidine rings is 2. The summed E-state index contributed by atoms with van der Waals surface area (Å²) in [5.74, 6) is 0.843. The lowest BCUT2D eigenvalue weighted by Crippen LogP contribution is -2.49. The Balaban J connectivity index is 1.57. The molecule has 2 fully saturated rings. The third kappa shape index (κ3) is 3.11. The second-order valence-electron chi connectivity index (χ2n) is 6.25. The molecule has 1 aromatic rings. The van der Waals surface area contributed by atoms with Gasteiger partial charge in [0.2, 0.25) is 0 Å². The van der Waals surface area contributed by atoms with Crippen LogP contribution in [0.1, 0.15) is 37.7 Å². The van der Waals surface area contributed by atoms with Gasteiger partial charge in [-0.25, -0.2) is 0 Å². The summed E-state index contributed by atoms with van der Waals surface area (Å²) in [5.41, 5.74) is 2.61. The van der Waals surface area contributed by atoms with E-state index in [2.05, 4.69) is 41.4 Å². The van der Waals surface area contributed by atoms with Gasteiger partial charge in [-0.15, -0.1) is 0 Å². The van der Waals surface area contributed by atoms with Gasteiger partial charge in [0.1, 0.15) is 0 Å².